The molecule has 4 amide bonds. The number of nitrogens with zero attached hydrogens (tertiary/aromatic N) is 4. The average Bonchev–Trinajstić information content (AvgIpc) is 3.94. The standard InChI is InChI=1S/C40H30N4O4S2/c1-19-7-10-22-26(15-19)41(3)37(45)33(22)35-24-17-29-25(18-28(24)43(5)39(35)47)36(40(48)44(29)6)34-23-11-9-21(16-27(23)42(4)38(34)46)30-13-14-32(50-30)31-12-8-20(2)49-31/h7-18H,1-6H3/b35-33+,36-34+. The minimum absolute atomic E-state index is 0.251. The van der Waals surface area contributed by atoms with E-state index in [1.807, 2.05) is 55.5 Å². The number of anilines is 4. The molecule has 0 atom stereocenters. The Morgan fingerprint density at radius 2 is 0.840 bits per heavy atom. The van der Waals surface area contributed by atoms with Gasteiger partial charge in [0, 0.05) is 70.0 Å². The number of carbonyl (C=O) groups is 4. The predicted molar refractivity (Wildman–Crippen MR) is 203 cm³/mol. The van der Waals surface area contributed by atoms with E-state index < -0.39 is 0 Å². The Morgan fingerprint density at radius 1 is 0.420 bits per heavy atom. The van der Waals surface area contributed by atoms with Crippen LogP contribution in [0.25, 0.3) is 42.5 Å². The van der Waals surface area contributed by atoms with Crippen molar-refractivity contribution < 1.29 is 19.2 Å². The predicted octanol–water partition coefficient (Wildman–Crippen LogP) is 7.49. The van der Waals surface area contributed by atoms with E-state index in [0.717, 1.165) is 27.4 Å². The quantitative estimate of drug-likeness (QED) is 0.180. The number of aryl methyl sites for hydroxylation is 2. The zero-order chi connectivity index (χ0) is 34.9. The Balaban J connectivity index is 1.18. The number of benzene rings is 3. The van der Waals surface area contributed by atoms with Crippen molar-refractivity contribution in [3.8, 4) is 20.2 Å². The molecule has 0 radical (unpaired) electrons. The first-order valence-corrected chi connectivity index (χ1v) is 17.8. The molecule has 10 heteroatoms. The monoisotopic (exact) mass is 694 g/mol. The van der Waals surface area contributed by atoms with Crippen LogP contribution in [0.5, 0.6) is 0 Å². The molecule has 0 bridgehead atoms. The number of hydrogen-bond donors (Lipinski definition) is 0. The van der Waals surface area contributed by atoms with E-state index in [0.29, 0.717) is 55.9 Å². The van der Waals surface area contributed by atoms with Crippen molar-refractivity contribution in [2.24, 2.45) is 0 Å². The molecule has 0 fully saturated rings. The fourth-order valence-electron chi connectivity index (χ4n) is 7.56. The molecule has 4 aliphatic heterocycles. The van der Waals surface area contributed by atoms with Crippen molar-refractivity contribution in [1.29, 1.82) is 0 Å². The lowest BCUT2D eigenvalue weighted by atomic mass is 9.92. The van der Waals surface area contributed by atoms with Crippen LogP contribution in [0.3, 0.4) is 0 Å². The zero-order valence-electron chi connectivity index (χ0n) is 28.2. The molecule has 0 N–H and O–H groups in total. The van der Waals surface area contributed by atoms with Gasteiger partial charge in [0.2, 0.25) is 0 Å². The first kappa shape index (κ1) is 30.5. The van der Waals surface area contributed by atoms with Crippen molar-refractivity contribution in [1.82, 2.24) is 0 Å². The summed E-state index contributed by atoms with van der Waals surface area (Å²) in [5.74, 6) is -1.11. The summed E-state index contributed by atoms with van der Waals surface area (Å²) >= 11 is 3.48. The van der Waals surface area contributed by atoms with E-state index >= 15 is 0 Å². The number of thiophene rings is 2. The maximum atomic E-state index is 14.1. The molecule has 4 aliphatic rings. The molecule has 3 aromatic carbocycles. The molecule has 50 heavy (non-hydrogen) atoms. The molecule has 6 heterocycles. The number of carbonyl (C=O) groups excluding carboxylic acids is 4. The van der Waals surface area contributed by atoms with Gasteiger partial charge >= 0.3 is 0 Å². The third-order valence-corrected chi connectivity index (χ3v) is 12.6. The van der Waals surface area contributed by atoms with Crippen molar-refractivity contribution >= 4 is 91.3 Å². The van der Waals surface area contributed by atoms with Gasteiger partial charge in [-0.05, 0) is 73.5 Å². The summed E-state index contributed by atoms with van der Waals surface area (Å²) in [5, 5.41) is 0. The van der Waals surface area contributed by atoms with Crippen LogP contribution in [-0.2, 0) is 19.2 Å². The molecule has 246 valence electrons. The maximum Gasteiger partial charge on any atom is 0.259 e. The van der Waals surface area contributed by atoms with Gasteiger partial charge in [-0.2, -0.15) is 0 Å². The largest absolute Gasteiger partial charge is 0.311 e. The zero-order valence-corrected chi connectivity index (χ0v) is 29.8. The highest BCUT2D eigenvalue weighted by Gasteiger charge is 2.45. The van der Waals surface area contributed by atoms with Gasteiger partial charge in [-0.15, -0.1) is 22.7 Å². The van der Waals surface area contributed by atoms with Gasteiger partial charge in [-0.3, -0.25) is 19.2 Å². The van der Waals surface area contributed by atoms with Crippen molar-refractivity contribution in [2.45, 2.75) is 13.8 Å². The average molecular weight is 695 g/mol. The van der Waals surface area contributed by atoms with Crippen molar-refractivity contribution in [3.05, 3.63) is 105 Å². The lowest BCUT2D eigenvalue weighted by Crippen LogP contribution is -2.24. The highest BCUT2D eigenvalue weighted by Crippen LogP contribution is 2.52. The molecule has 0 saturated carbocycles. The summed E-state index contributed by atoms with van der Waals surface area (Å²) in [5.41, 5.74) is 8.53. The molecule has 8 nitrogen and oxygen atoms in total. The second kappa shape index (κ2) is 10.5. The fraction of sp³-hybridized carbons (Fsp3) is 0.150. The number of likely N-dealkylation sites (N-methyl/N-ethyl adjacent to an activating group) is 4. The summed E-state index contributed by atoms with van der Waals surface area (Å²) in [6.45, 7) is 4.07. The SMILES string of the molecule is Cc1ccc2c(c1)N(C)C(=O)/C2=C1/C(=O)N(C)c2cc3c(cc21)N(C)C(=O)/C3=C1/C(=O)N(C)c2cc(-c3ccc(-c4ccc(C)s4)s3)ccc21. The van der Waals surface area contributed by atoms with Gasteiger partial charge in [-0.25, -0.2) is 0 Å². The number of hydrogen-bond acceptors (Lipinski definition) is 6. The lowest BCUT2D eigenvalue weighted by molar-refractivity contribution is -0.114. The minimum Gasteiger partial charge on any atom is -0.311 e. The molecule has 0 saturated heterocycles. The second-order valence-corrected chi connectivity index (χ2v) is 15.5. The normalized spacial score (nSPS) is 19.3. The Bertz CT molecular complexity index is 2520. The Hall–Kier alpha value is -5.58. The van der Waals surface area contributed by atoms with E-state index in [1.165, 1.54) is 24.4 Å². The summed E-state index contributed by atoms with van der Waals surface area (Å²) in [4.78, 5) is 66.7. The van der Waals surface area contributed by atoms with Crippen LogP contribution >= 0.6 is 22.7 Å². The van der Waals surface area contributed by atoms with Gasteiger partial charge < -0.3 is 19.6 Å². The van der Waals surface area contributed by atoms with Crippen LogP contribution in [0.1, 0.15) is 32.7 Å². The summed E-state index contributed by atoms with van der Waals surface area (Å²) in [7, 11) is 6.80. The van der Waals surface area contributed by atoms with Crippen LogP contribution in [-0.4, -0.2) is 51.8 Å². The molecular formula is C40H30N4O4S2. The lowest BCUT2D eigenvalue weighted by Gasteiger charge is -2.13. The van der Waals surface area contributed by atoms with Crippen LogP contribution in [0, 0.1) is 13.8 Å². The molecule has 9 rings (SSSR count). The molecule has 0 spiro atoms. The van der Waals surface area contributed by atoms with Gasteiger partial charge in [-0.1, -0.05) is 24.3 Å². The van der Waals surface area contributed by atoms with Gasteiger partial charge in [0.15, 0.2) is 0 Å². The van der Waals surface area contributed by atoms with E-state index in [-0.39, 0.29) is 23.6 Å². The minimum atomic E-state index is -0.299. The van der Waals surface area contributed by atoms with E-state index in [9.17, 15) is 19.2 Å². The number of rotatable bonds is 2. The molecule has 0 unspecified atom stereocenters. The Kier molecular flexibility index (Phi) is 6.38. The maximum absolute atomic E-state index is 14.1. The van der Waals surface area contributed by atoms with Crippen molar-refractivity contribution in [3.63, 3.8) is 0 Å². The van der Waals surface area contributed by atoms with E-state index in [1.54, 1.807) is 60.7 Å². The Labute approximate surface area is 296 Å². The molecular weight excluding hydrogens is 665 g/mol. The summed E-state index contributed by atoms with van der Waals surface area (Å²) in [6, 6.07) is 23.9. The van der Waals surface area contributed by atoms with Gasteiger partial charge in [0.05, 0.1) is 45.0 Å². The first-order valence-electron chi connectivity index (χ1n) is 16.2. The third kappa shape index (κ3) is 4.03. The van der Waals surface area contributed by atoms with Gasteiger partial charge in [0.1, 0.15) is 0 Å². The van der Waals surface area contributed by atoms with Crippen LogP contribution in [0.15, 0.2) is 72.8 Å². The van der Waals surface area contributed by atoms with Crippen LogP contribution in [0.4, 0.5) is 22.7 Å². The summed E-state index contributed by atoms with van der Waals surface area (Å²) < 4.78 is 0. The fourth-order valence-corrected chi connectivity index (χ4v) is 9.52. The van der Waals surface area contributed by atoms with Crippen LogP contribution in [0.2, 0.25) is 0 Å². The Morgan fingerprint density at radius 3 is 1.36 bits per heavy atom. The molecule has 0 aliphatic carbocycles. The van der Waals surface area contributed by atoms with Gasteiger partial charge in [0.25, 0.3) is 23.6 Å². The van der Waals surface area contributed by atoms with Crippen LogP contribution < -0.4 is 19.6 Å². The third-order valence-electron chi connectivity index (χ3n) is 10.2. The second-order valence-electron chi connectivity index (χ2n) is 13.2. The summed E-state index contributed by atoms with van der Waals surface area (Å²) in [6.07, 6.45) is 0. The number of amides is 4. The number of fused-ring (bicyclic) bond motifs is 4. The smallest absolute Gasteiger partial charge is 0.259 e. The molecule has 5 aromatic rings. The highest BCUT2D eigenvalue weighted by molar-refractivity contribution is 7.23. The highest BCUT2D eigenvalue weighted by atomic mass is 32.1. The topological polar surface area (TPSA) is 81.2 Å². The van der Waals surface area contributed by atoms with E-state index in [2.05, 4.69) is 31.2 Å². The molecule has 2 aromatic heterocycles. The van der Waals surface area contributed by atoms with Crippen molar-refractivity contribution in [2.75, 3.05) is 47.8 Å². The first-order chi connectivity index (χ1) is 23.9. The van der Waals surface area contributed by atoms with E-state index in [4.69, 9.17) is 0 Å².